The molecule has 7 nitrogen and oxygen atoms in total. The molecule has 0 spiro atoms. The third-order valence-electron chi connectivity index (χ3n) is 3.56. The maximum absolute atomic E-state index is 5.61. The maximum Gasteiger partial charge on any atom is 0.223 e. The molecule has 7 heteroatoms. The molecular weight excluding hydrogens is 278 g/mol. The quantitative estimate of drug-likeness (QED) is 0.567. The predicted molar refractivity (Wildman–Crippen MR) is 87.7 cm³/mol. The van der Waals surface area contributed by atoms with Crippen molar-refractivity contribution in [2.45, 2.75) is 25.8 Å². The van der Waals surface area contributed by atoms with Crippen LogP contribution in [0, 0.1) is 0 Å². The number of aromatic nitrogens is 2. The molecule has 1 aliphatic heterocycles. The highest BCUT2D eigenvalue weighted by molar-refractivity contribution is 5.93. The Kier molecular flexibility index (Phi) is 3.78. The van der Waals surface area contributed by atoms with Crippen molar-refractivity contribution in [1.29, 1.82) is 0 Å². The monoisotopic (exact) mass is 297 g/mol. The number of fused-ring (bicyclic) bond motifs is 1. The van der Waals surface area contributed by atoms with Crippen LogP contribution in [-0.4, -0.2) is 21.5 Å². The lowest BCUT2D eigenvalue weighted by Gasteiger charge is -2.11. The van der Waals surface area contributed by atoms with E-state index in [2.05, 4.69) is 20.7 Å². The van der Waals surface area contributed by atoms with E-state index in [1.54, 1.807) is 0 Å². The summed E-state index contributed by atoms with van der Waals surface area (Å²) in [5, 5.41) is 0. The molecule has 0 radical (unpaired) electrons. The highest BCUT2D eigenvalue weighted by atomic mass is 15.1. The molecule has 0 bridgehead atoms. The maximum atomic E-state index is 5.61. The predicted octanol–water partition coefficient (Wildman–Crippen LogP) is 1.11. The van der Waals surface area contributed by atoms with Gasteiger partial charge in [-0.05, 0) is 25.0 Å². The van der Waals surface area contributed by atoms with Crippen molar-refractivity contribution in [1.82, 2.24) is 9.55 Å². The number of aryl methyl sites for hydroxylation is 2. The summed E-state index contributed by atoms with van der Waals surface area (Å²) >= 11 is 0. The SMILES string of the molecule is NC(N)=NC(N)=Nc1ccc(-c2cn3c(n2)CCCC3)cc1. The number of imidazole rings is 1. The zero-order valence-electron chi connectivity index (χ0n) is 12.2. The summed E-state index contributed by atoms with van der Waals surface area (Å²) in [5.74, 6) is 1.09. The van der Waals surface area contributed by atoms with Gasteiger partial charge in [0.2, 0.25) is 5.96 Å². The van der Waals surface area contributed by atoms with Crippen molar-refractivity contribution in [2.75, 3.05) is 0 Å². The summed E-state index contributed by atoms with van der Waals surface area (Å²) in [6.45, 7) is 1.06. The van der Waals surface area contributed by atoms with Gasteiger partial charge in [-0.25, -0.2) is 9.98 Å². The van der Waals surface area contributed by atoms with Gasteiger partial charge in [0, 0.05) is 24.7 Å². The van der Waals surface area contributed by atoms with Gasteiger partial charge in [-0.3, -0.25) is 0 Å². The molecule has 2 aromatic rings. The molecule has 0 amide bonds. The van der Waals surface area contributed by atoms with Crippen molar-refractivity contribution in [3.8, 4) is 11.3 Å². The first-order valence-electron chi connectivity index (χ1n) is 7.22. The largest absolute Gasteiger partial charge is 0.370 e. The Morgan fingerprint density at radius 2 is 1.86 bits per heavy atom. The van der Waals surface area contributed by atoms with Gasteiger partial charge in [0.1, 0.15) is 5.82 Å². The van der Waals surface area contributed by atoms with Crippen LogP contribution in [0.1, 0.15) is 18.7 Å². The van der Waals surface area contributed by atoms with E-state index in [1.165, 1.54) is 18.7 Å². The number of hydrogen-bond donors (Lipinski definition) is 3. The lowest BCUT2D eigenvalue weighted by Crippen LogP contribution is -2.26. The van der Waals surface area contributed by atoms with Crippen molar-refractivity contribution in [3.63, 3.8) is 0 Å². The van der Waals surface area contributed by atoms with Gasteiger partial charge in [0.05, 0.1) is 11.4 Å². The first-order chi connectivity index (χ1) is 10.6. The van der Waals surface area contributed by atoms with E-state index >= 15 is 0 Å². The third-order valence-corrected chi connectivity index (χ3v) is 3.56. The summed E-state index contributed by atoms with van der Waals surface area (Å²) in [6.07, 6.45) is 5.60. The van der Waals surface area contributed by atoms with E-state index in [1.807, 2.05) is 24.3 Å². The van der Waals surface area contributed by atoms with Crippen molar-refractivity contribution in [2.24, 2.45) is 27.2 Å². The molecule has 0 atom stereocenters. The minimum atomic E-state index is -0.110. The van der Waals surface area contributed by atoms with Crippen LogP contribution >= 0.6 is 0 Å². The standard InChI is InChI=1S/C15H19N7/c16-14(17)21-15(18)19-11-6-4-10(5-7-11)12-9-22-8-2-1-3-13(22)20-12/h4-7,9H,1-3,8H2,(H6,16,17,18,19,21). The van der Waals surface area contributed by atoms with E-state index < -0.39 is 0 Å². The minimum absolute atomic E-state index is 0.0326. The average Bonchev–Trinajstić information content (AvgIpc) is 2.91. The van der Waals surface area contributed by atoms with Gasteiger partial charge < -0.3 is 21.8 Å². The Balaban J connectivity index is 1.82. The van der Waals surface area contributed by atoms with E-state index in [0.29, 0.717) is 5.69 Å². The second-order valence-electron chi connectivity index (χ2n) is 5.25. The molecule has 2 heterocycles. The highest BCUT2D eigenvalue weighted by Gasteiger charge is 2.12. The fourth-order valence-electron chi connectivity index (χ4n) is 2.55. The van der Waals surface area contributed by atoms with Gasteiger partial charge in [0.15, 0.2) is 5.96 Å². The Bertz CT molecular complexity index is 697. The molecule has 1 aromatic heterocycles. The minimum Gasteiger partial charge on any atom is -0.370 e. The lowest BCUT2D eigenvalue weighted by atomic mass is 10.1. The molecule has 0 saturated heterocycles. The third kappa shape index (κ3) is 3.08. The van der Waals surface area contributed by atoms with Crippen molar-refractivity contribution < 1.29 is 0 Å². The number of hydrogen-bond acceptors (Lipinski definition) is 2. The fourth-order valence-corrected chi connectivity index (χ4v) is 2.55. The second-order valence-corrected chi connectivity index (χ2v) is 5.25. The molecule has 0 fully saturated rings. The van der Waals surface area contributed by atoms with E-state index in [0.717, 1.165) is 24.2 Å². The van der Waals surface area contributed by atoms with Crippen LogP contribution in [0.2, 0.25) is 0 Å². The summed E-state index contributed by atoms with van der Waals surface area (Å²) in [7, 11) is 0. The van der Waals surface area contributed by atoms with Crippen LogP contribution in [0.5, 0.6) is 0 Å². The van der Waals surface area contributed by atoms with Gasteiger partial charge in [-0.2, -0.15) is 4.99 Å². The van der Waals surface area contributed by atoms with E-state index in [9.17, 15) is 0 Å². The number of nitrogens with zero attached hydrogens (tertiary/aromatic N) is 4. The van der Waals surface area contributed by atoms with Gasteiger partial charge in [-0.1, -0.05) is 12.1 Å². The first kappa shape index (κ1) is 14.1. The van der Waals surface area contributed by atoms with Crippen LogP contribution < -0.4 is 17.2 Å². The molecule has 1 aromatic carbocycles. The smallest absolute Gasteiger partial charge is 0.223 e. The van der Waals surface area contributed by atoms with Crippen LogP contribution in [-0.2, 0) is 13.0 Å². The normalized spacial score (nSPS) is 14.5. The summed E-state index contributed by atoms with van der Waals surface area (Å²) in [4.78, 5) is 12.5. The van der Waals surface area contributed by atoms with Crippen LogP contribution in [0.15, 0.2) is 40.4 Å². The van der Waals surface area contributed by atoms with Crippen LogP contribution in [0.3, 0.4) is 0 Å². The topological polar surface area (TPSA) is 121 Å². The highest BCUT2D eigenvalue weighted by Crippen LogP contribution is 2.24. The van der Waals surface area contributed by atoms with Crippen LogP contribution in [0.25, 0.3) is 11.3 Å². The average molecular weight is 297 g/mol. The molecule has 1 aliphatic rings. The number of guanidine groups is 2. The molecule has 114 valence electrons. The molecule has 3 rings (SSSR count). The Hall–Kier alpha value is -2.83. The number of aliphatic imine (C=N–C) groups is 2. The lowest BCUT2D eigenvalue weighted by molar-refractivity contribution is 0.522. The van der Waals surface area contributed by atoms with E-state index in [4.69, 9.17) is 22.2 Å². The second kappa shape index (κ2) is 5.88. The fraction of sp³-hybridized carbons (Fsp3) is 0.267. The summed E-state index contributed by atoms with van der Waals surface area (Å²) < 4.78 is 2.24. The Morgan fingerprint density at radius 3 is 2.55 bits per heavy atom. The zero-order chi connectivity index (χ0) is 15.5. The molecule has 22 heavy (non-hydrogen) atoms. The van der Waals surface area contributed by atoms with Crippen LogP contribution in [0.4, 0.5) is 5.69 Å². The Labute approximate surface area is 128 Å². The molecule has 0 saturated carbocycles. The number of rotatable bonds is 2. The number of nitrogens with two attached hydrogens (primary N) is 3. The zero-order valence-corrected chi connectivity index (χ0v) is 12.2. The van der Waals surface area contributed by atoms with Crippen molar-refractivity contribution >= 4 is 17.6 Å². The summed E-state index contributed by atoms with van der Waals surface area (Å²) in [6, 6.07) is 7.66. The van der Waals surface area contributed by atoms with Gasteiger partial charge >= 0.3 is 0 Å². The summed E-state index contributed by atoms with van der Waals surface area (Å²) in [5.41, 5.74) is 18.8. The van der Waals surface area contributed by atoms with Gasteiger partial charge in [0.25, 0.3) is 0 Å². The number of benzene rings is 1. The Morgan fingerprint density at radius 1 is 1.09 bits per heavy atom. The molecule has 0 aliphatic carbocycles. The van der Waals surface area contributed by atoms with Crippen molar-refractivity contribution in [3.05, 3.63) is 36.3 Å². The van der Waals surface area contributed by atoms with Gasteiger partial charge in [-0.15, -0.1) is 0 Å². The molecular formula is C15H19N7. The molecule has 6 N–H and O–H groups in total. The van der Waals surface area contributed by atoms with E-state index in [-0.39, 0.29) is 11.9 Å². The first-order valence-corrected chi connectivity index (χ1v) is 7.22. The molecule has 0 unspecified atom stereocenters.